The first-order valence-electron chi connectivity index (χ1n) is 8.89. The second-order valence-corrected chi connectivity index (χ2v) is 7.47. The van der Waals surface area contributed by atoms with E-state index >= 15 is 0 Å². The van der Waals surface area contributed by atoms with Gasteiger partial charge in [0.25, 0.3) is 0 Å². The molecule has 3 heteroatoms. The van der Waals surface area contributed by atoms with Crippen molar-refractivity contribution < 1.29 is 14.3 Å². The lowest BCUT2D eigenvalue weighted by atomic mass is 9.55. The van der Waals surface area contributed by atoms with Crippen LogP contribution in [0.2, 0.25) is 0 Å². The Morgan fingerprint density at radius 2 is 2.21 bits per heavy atom. The van der Waals surface area contributed by atoms with Crippen molar-refractivity contribution in [3.05, 3.63) is 48.0 Å². The second-order valence-electron chi connectivity index (χ2n) is 7.47. The minimum Gasteiger partial charge on any atom is -0.481 e. The van der Waals surface area contributed by atoms with E-state index in [9.17, 15) is 9.90 Å². The molecule has 1 aromatic heterocycles. The normalized spacial score (nSPS) is 27.2. The summed E-state index contributed by atoms with van der Waals surface area (Å²) >= 11 is 0. The number of rotatable bonds is 7. The van der Waals surface area contributed by atoms with Gasteiger partial charge >= 0.3 is 5.97 Å². The van der Waals surface area contributed by atoms with Gasteiger partial charge in [0.2, 0.25) is 0 Å². The summed E-state index contributed by atoms with van der Waals surface area (Å²) in [6, 6.07) is 2.03. The van der Waals surface area contributed by atoms with E-state index in [2.05, 4.69) is 33.9 Å². The molecule has 3 nitrogen and oxygen atoms in total. The molecule has 0 saturated heterocycles. The third-order valence-electron chi connectivity index (χ3n) is 5.92. The molecule has 1 aromatic rings. The first kappa shape index (κ1) is 18.6. The molecule has 0 spiro atoms. The smallest absolute Gasteiger partial charge is 0.303 e. The molecular weight excluding hydrogens is 300 g/mol. The van der Waals surface area contributed by atoms with Crippen molar-refractivity contribution in [3.63, 3.8) is 0 Å². The van der Waals surface area contributed by atoms with Crippen LogP contribution in [-0.2, 0) is 17.6 Å². The van der Waals surface area contributed by atoms with Gasteiger partial charge in [-0.1, -0.05) is 38.2 Å². The molecule has 24 heavy (non-hydrogen) atoms. The summed E-state index contributed by atoms with van der Waals surface area (Å²) in [5, 5.41) is 9.21. The van der Waals surface area contributed by atoms with Crippen LogP contribution in [0.15, 0.2) is 41.1 Å². The molecule has 3 atom stereocenters. The Morgan fingerprint density at radius 3 is 2.79 bits per heavy atom. The van der Waals surface area contributed by atoms with Crippen LogP contribution in [0.5, 0.6) is 0 Å². The van der Waals surface area contributed by atoms with Crippen molar-refractivity contribution in [3.8, 4) is 0 Å². The minimum atomic E-state index is -0.737. The fraction of sp³-hybridized carbons (Fsp3) is 0.571. The molecule has 1 saturated carbocycles. The summed E-state index contributed by atoms with van der Waals surface area (Å²) < 4.78 is 5.74. The van der Waals surface area contributed by atoms with Crippen molar-refractivity contribution in [2.24, 2.45) is 17.3 Å². The maximum absolute atomic E-state index is 11.2. The quantitative estimate of drug-likeness (QED) is 0.680. The Morgan fingerprint density at radius 1 is 1.50 bits per heavy atom. The Labute approximate surface area is 145 Å². The Bertz CT molecular complexity index is 625. The molecule has 2 rings (SSSR count). The van der Waals surface area contributed by atoms with E-state index in [0.717, 1.165) is 37.0 Å². The maximum atomic E-state index is 11.2. The van der Waals surface area contributed by atoms with Gasteiger partial charge in [-0.25, -0.2) is 0 Å². The topological polar surface area (TPSA) is 50.4 Å². The standard InChI is InChI=1S/C21H30O3/c1-6-16-10-12-24-19(16)13-18-15(4)7-8-17(14(2)3)21(18,5)11-9-20(22)23/h10,12,17-18H,2,4,6-9,11,13H2,1,3,5H3,(H,22,23)/t17-,18-,21-/m1/s1. The zero-order chi connectivity index (χ0) is 17.9. The van der Waals surface area contributed by atoms with Crippen molar-refractivity contribution in [1.82, 2.24) is 0 Å². The molecule has 132 valence electrons. The van der Waals surface area contributed by atoms with E-state index in [1.165, 1.54) is 11.1 Å². The van der Waals surface area contributed by atoms with Crippen LogP contribution in [0, 0.1) is 17.3 Å². The number of furan rings is 1. The van der Waals surface area contributed by atoms with Crippen molar-refractivity contribution >= 4 is 5.97 Å². The average molecular weight is 330 g/mol. The molecular formula is C21H30O3. The van der Waals surface area contributed by atoms with Crippen LogP contribution in [0.25, 0.3) is 0 Å². The SMILES string of the molecule is C=C(C)[C@H]1CCC(=C)[C@@H](Cc2occc2CC)[C@]1(C)CCC(=O)O. The summed E-state index contributed by atoms with van der Waals surface area (Å²) in [5.41, 5.74) is 3.47. The highest BCUT2D eigenvalue weighted by Crippen LogP contribution is 2.53. The molecule has 1 aliphatic rings. The summed E-state index contributed by atoms with van der Waals surface area (Å²) in [7, 11) is 0. The number of aryl methyl sites for hydroxylation is 1. The van der Waals surface area contributed by atoms with Gasteiger partial charge in [0, 0.05) is 12.8 Å². The molecule has 1 heterocycles. The van der Waals surface area contributed by atoms with Crippen molar-refractivity contribution in [1.29, 1.82) is 0 Å². The molecule has 1 N–H and O–H groups in total. The predicted molar refractivity (Wildman–Crippen MR) is 96.9 cm³/mol. The first-order valence-corrected chi connectivity index (χ1v) is 8.89. The number of aliphatic carboxylic acids is 1. The number of carboxylic acid groups (broad SMARTS) is 1. The number of hydrogen-bond donors (Lipinski definition) is 1. The van der Waals surface area contributed by atoms with Gasteiger partial charge in [-0.05, 0) is 61.5 Å². The minimum absolute atomic E-state index is 0.142. The molecule has 1 fully saturated rings. The van der Waals surface area contributed by atoms with Crippen LogP contribution in [0.1, 0.15) is 57.8 Å². The van der Waals surface area contributed by atoms with Crippen molar-refractivity contribution in [2.45, 2.75) is 59.3 Å². The lowest BCUT2D eigenvalue weighted by molar-refractivity contribution is -0.138. The molecule has 0 aliphatic heterocycles. The maximum Gasteiger partial charge on any atom is 0.303 e. The first-order chi connectivity index (χ1) is 11.3. The van der Waals surface area contributed by atoms with E-state index in [1.807, 2.05) is 6.07 Å². The number of allylic oxidation sites excluding steroid dienone is 2. The fourth-order valence-electron chi connectivity index (χ4n) is 4.50. The molecule has 0 aromatic carbocycles. The third-order valence-corrected chi connectivity index (χ3v) is 5.92. The molecule has 0 radical (unpaired) electrons. The van der Waals surface area contributed by atoms with Gasteiger partial charge in [0.1, 0.15) is 5.76 Å². The summed E-state index contributed by atoms with van der Waals surface area (Å²) in [6.45, 7) is 14.9. The van der Waals surface area contributed by atoms with Crippen LogP contribution in [0.3, 0.4) is 0 Å². The lowest BCUT2D eigenvalue weighted by Gasteiger charge is -2.49. The van der Waals surface area contributed by atoms with Crippen LogP contribution in [-0.4, -0.2) is 11.1 Å². The molecule has 0 unspecified atom stereocenters. The molecule has 1 aliphatic carbocycles. The van der Waals surface area contributed by atoms with Gasteiger partial charge in [0.15, 0.2) is 0 Å². The average Bonchev–Trinajstić information content (AvgIpc) is 2.96. The largest absolute Gasteiger partial charge is 0.481 e. The highest BCUT2D eigenvalue weighted by Gasteiger charge is 2.46. The van der Waals surface area contributed by atoms with E-state index in [-0.39, 0.29) is 17.8 Å². The second kappa shape index (κ2) is 7.42. The fourth-order valence-corrected chi connectivity index (χ4v) is 4.50. The van der Waals surface area contributed by atoms with Gasteiger partial charge < -0.3 is 9.52 Å². The highest BCUT2D eigenvalue weighted by atomic mass is 16.4. The third kappa shape index (κ3) is 3.66. The van der Waals surface area contributed by atoms with E-state index in [4.69, 9.17) is 4.42 Å². The van der Waals surface area contributed by atoms with Gasteiger partial charge in [0.05, 0.1) is 6.26 Å². The number of hydrogen-bond acceptors (Lipinski definition) is 2. The van der Waals surface area contributed by atoms with Crippen molar-refractivity contribution in [2.75, 3.05) is 0 Å². The van der Waals surface area contributed by atoms with Crippen LogP contribution < -0.4 is 0 Å². The number of carboxylic acids is 1. The summed E-state index contributed by atoms with van der Waals surface area (Å²) in [5.74, 6) is 0.836. The molecule has 0 amide bonds. The van der Waals surface area contributed by atoms with Gasteiger partial charge in [-0.2, -0.15) is 0 Å². The van der Waals surface area contributed by atoms with Gasteiger partial charge in [-0.15, -0.1) is 0 Å². The Balaban J connectivity index is 2.36. The number of carbonyl (C=O) groups is 1. The molecule has 0 bridgehead atoms. The summed E-state index contributed by atoms with van der Waals surface area (Å²) in [4.78, 5) is 11.2. The zero-order valence-electron chi connectivity index (χ0n) is 15.2. The highest BCUT2D eigenvalue weighted by molar-refractivity contribution is 5.66. The van der Waals surface area contributed by atoms with E-state index in [0.29, 0.717) is 12.3 Å². The predicted octanol–water partition coefficient (Wildman–Crippen LogP) is 5.41. The lowest BCUT2D eigenvalue weighted by Crippen LogP contribution is -2.42. The zero-order valence-corrected chi connectivity index (χ0v) is 15.2. The Kier molecular flexibility index (Phi) is 5.74. The van der Waals surface area contributed by atoms with E-state index < -0.39 is 5.97 Å². The Hall–Kier alpha value is -1.77. The van der Waals surface area contributed by atoms with Crippen LogP contribution in [0.4, 0.5) is 0 Å². The monoisotopic (exact) mass is 330 g/mol. The van der Waals surface area contributed by atoms with Gasteiger partial charge in [-0.3, -0.25) is 4.79 Å². The summed E-state index contributed by atoms with van der Waals surface area (Å²) in [6.07, 6.45) is 6.32. The van der Waals surface area contributed by atoms with Crippen LogP contribution >= 0.6 is 0 Å². The van der Waals surface area contributed by atoms with E-state index in [1.54, 1.807) is 6.26 Å².